The Kier molecular flexibility index (Phi) is 5.25. The second-order valence-corrected chi connectivity index (χ2v) is 3.40. The Labute approximate surface area is 94.4 Å². The molecule has 1 rings (SSSR count). The number of ether oxygens (including phenoxy) is 1. The summed E-state index contributed by atoms with van der Waals surface area (Å²) in [7, 11) is 0. The van der Waals surface area contributed by atoms with Gasteiger partial charge in [0.25, 0.3) is 0 Å². The molecule has 5 heteroatoms. The van der Waals surface area contributed by atoms with Crippen molar-refractivity contribution >= 4 is 12.3 Å². The lowest BCUT2D eigenvalue weighted by Crippen LogP contribution is -2.15. The Bertz CT molecular complexity index is 347. The molecule has 1 aromatic heterocycles. The molecule has 16 heavy (non-hydrogen) atoms. The van der Waals surface area contributed by atoms with Gasteiger partial charge in [-0.15, -0.1) is 0 Å². The number of hydrogen-bond acceptors (Lipinski definition) is 4. The number of carbonyl (C=O) groups excluding carboxylic acids is 2. The van der Waals surface area contributed by atoms with E-state index in [2.05, 4.69) is 4.98 Å². The summed E-state index contributed by atoms with van der Waals surface area (Å²) >= 11 is 0. The number of rotatable bonds is 7. The van der Waals surface area contributed by atoms with Crippen molar-refractivity contribution in [2.45, 2.75) is 32.7 Å². The largest absolute Gasteiger partial charge is 0.464 e. The molecule has 1 heterocycles. The van der Waals surface area contributed by atoms with Crippen molar-refractivity contribution in [2.75, 3.05) is 6.61 Å². The van der Waals surface area contributed by atoms with Gasteiger partial charge in [0.05, 0.1) is 6.61 Å². The average molecular weight is 224 g/mol. The van der Waals surface area contributed by atoms with Crippen molar-refractivity contribution in [3.05, 3.63) is 18.2 Å². The molecule has 5 nitrogen and oxygen atoms in total. The number of aryl methyl sites for hydroxylation is 1. The van der Waals surface area contributed by atoms with E-state index in [1.54, 1.807) is 17.0 Å². The highest BCUT2D eigenvalue weighted by Crippen LogP contribution is 2.01. The molecule has 0 aliphatic heterocycles. The molecule has 0 amide bonds. The number of hydrogen-bond donors (Lipinski definition) is 0. The van der Waals surface area contributed by atoms with Gasteiger partial charge in [0.1, 0.15) is 18.7 Å². The summed E-state index contributed by atoms with van der Waals surface area (Å²) in [5, 5.41) is 0. The summed E-state index contributed by atoms with van der Waals surface area (Å²) in [4.78, 5) is 25.7. The van der Waals surface area contributed by atoms with E-state index in [0.717, 1.165) is 18.5 Å². The first kappa shape index (κ1) is 12.4. The fourth-order valence-electron chi connectivity index (χ4n) is 1.30. The van der Waals surface area contributed by atoms with Crippen molar-refractivity contribution < 1.29 is 14.3 Å². The second kappa shape index (κ2) is 6.76. The summed E-state index contributed by atoms with van der Waals surface area (Å²) < 4.78 is 6.68. The molecule has 1 aromatic rings. The lowest BCUT2D eigenvalue weighted by Gasteiger charge is -2.06. The molecule has 0 saturated heterocycles. The minimum atomic E-state index is -0.271. The van der Waals surface area contributed by atoms with Gasteiger partial charge in [-0.1, -0.05) is 6.92 Å². The summed E-state index contributed by atoms with van der Waals surface area (Å²) in [6.07, 6.45) is 5.96. The molecule has 0 N–H and O–H groups in total. The molecule has 0 radical (unpaired) electrons. The first-order valence-electron chi connectivity index (χ1n) is 5.37. The molecular formula is C11H16N2O3. The van der Waals surface area contributed by atoms with Gasteiger partial charge in [-0.25, -0.2) is 4.98 Å². The SMILES string of the molecule is CCCOC(=O)Cn1ccnc1CCC=O. The van der Waals surface area contributed by atoms with Crippen LogP contribution in [0.5, 0.6) is 0 Å². The van der Waals surface area contributed by atoms with Gasteiger partial charge in [0.2, 0.25) is 0 Å². The quantitative estimate of drug-likeness (QED) is 0.511. The van der Waals surface area contributed by atoms with Gasteiger partial charge in [-0.05, 0) is 6.42 Å². The van der Waals surface area contributed by atoms with Crippen LogP contribution in [0.15, 0.2) is 12.4 Å². The smallest absolute Gasteiger partial charge is 0.325 e. The number of imidazole rings is 1. The van der Waals surface area contributed by atoms with Crippen LogP contribution in [0.2, 0.25) is 0 Å². The second-order valence-electron chi connectivity index (χ2n) is 3.40. The Morgan fingerprint density at radius 3 is 3.12 bits per heavy atom. The third kappa shape index (κ3) is 3.84. The van der Waals surface area contributed by atoms with E-state index in [0.29, 0.717) is 19.4 Å². The van der Waals surface area contributed by atoms with E-state index in [9.17, 15) is 9.59 Å². The van der Waals surface area contributed by atoms with Crippen LogP contribution >= 0.6 is 0 Å². The zero-order chi connectivity index (χ0) is 11.8. The van der Waals surface area contributed by atoms with E-state index >= 15 is 0 Å². The van der Waals surface area contributed by atoms with Crippen LogP contribution in [-0.4, -0.2) is 28.4 Å². The number of aldehydes is 1. The highest BCUT2D eigenvalue weighted by Gasteiger charge is 2.07. The molecule has 0 bridgehead atoms. The van der Waals surface area contributed by atoms with Gasteiger partial charge in [-0.3, -0.25) is 4.79 Å². The Morgan fingerprint density at radius 1 is 1.62 bits per heavy atom. The molecule has 0 aromatic carbocycles. The molecular weight excluding hydrogens is 208 g/mol. The fourth-order valence-corrected chi connectivity index (χ4v) is 1.30. The summed E-state index contributed by atoms with van der Waals surface area (Å²) in [6.45, 7) is 2.55. The number of carbonyl (C=O) groups is 2. The topological polar surface area (TPSA) is 61.2 Å². The monoisotopic (exact) mass is 224 g/mol. The first-order chi connectivity index (χ1) is 7.77. The Hall–Kier alpha value is -1.65. The first-order valence-corrected chi connectivity index (χ1v) is 5.37. The van der Waals surface area contributed by atoms with Crippen LogP contribution in [0.3, 0.4) is 0 Å². The molecule has 88 valence electrons. The maximum Gasteiger partial charge on any atom is 0.325 e. The maximum atomic E-state index is 11.4. The Morgan fingerprint density at radius 2 is 2.44 bits per heavy atom. The van der Waals surface area contributed by atoms with Gasteiger partial charge >= 0.3 is 5.97 Å². The molecule has 0 saturated carbocycles. The van der Waals surface area contributed by atoms with Crippen LogP contribution in [0, 0.1) is 0 Å². The molecule has 0 aliphatic rings. The van der Waals surface area contributed by atoms with Gasteiger partial charge in [0, 0.05) is 25.2 Å². The Balaban J connectivity index is 2.49. The number of aromatic nitrogens is 2. The van der Waals surface area contributed by atoms with Gasteiger partial charge in [-0.2, -0.15) is 0 Å². The van der Waals surface area contributed by atoms with Crippen LogP contribution in [0.25, 0.3) is 0 Å². The van der Waals surface area contributed by atoms with Crippen molar-refractivity contribution in [3.63, 3.8) is 0 Å². The zero-order valence-corrected chi connectivity index (χ0v) is 9.39. The molecule has 0 atom stereocenters. The third-order valence-corrected chi connectivity index (χ3v) is 2.05. The highest BCUT2D eigenvalue weighted by molar-refractivity contribution is 5.69. The van der Waals surface area contributed by atoms with E-state index in [4.69, 9.17) is 4.74 Å². The minimum absolute atomic E-state index is 0.161. The summed E-state index contributed by atoms with van der Waals surface area (Å²) in [5.41, 5.74) is 0. The van der Waals surface area contributed by atoms with Crippen molar-refractivity contribution in [3.8, 4) is 0 Å². The van der Waals surface area contributed by atoms with Crippen molar-refractivity contribution in [2.24, 2.45) is 0 Å². The van der Waals surface area contributed by atoms with Crippen molar-refractivity contribution in [1.29, 1.82) is 0 Å². The normalized spacial score (nSPS) is 10.1. The molecule has 0 unspecified atom stereocenters. The fraction of sp³-hybridized carbons (Fsp3) is 0.545. The molecule has 0 aliphatic carbocycles. The van der Waals surface area contributed by atoms with Crippen LogP contribution in [0.4, 0.5) is 0 Å². The predicted molar refractivity (Wildman–Crippen MR) is 57.9 cm³/mol. The maximum absolute atomic E-state index is 11.4. The zero-order valence-electron chi connectivity index (χ0n) is 9.39. The summed E-state index contributed by atoms with van der Waals surface area (Å²) in [6, 6.07) is 0. The van der Waals surface area contributed by atoms with Crippen LogP contribution in [0.1, 0.15) is 25.6 Å². The molecule has 0 fully saturated rings. The van der Waals surface area contributed by atoms with Gasteiger partial charge < -0.3 is 14.1 Å². The number of esters is 1. The lowest BCUT2D eigenvalue weighted by atomic mass is 10.3. The third-order valence-electron chi connectivity index (χ3n) is 2.05. The summed E-state index contributed by atoms with van der Waals surface area (Å²) in [5.74, 6) is 0.466. The minimum Gasteiger partial charge on any atom is -0.464 e. The molecule has 0 spiro atoms. The van der Waals surface area contributed by atoms with E-state index < -0.39 is 0 Å². The van der Waals surface area contributed by atoms with Crippen LogP contribution in [-0.2, 0) is 27.3 Å². The van der Waals surface area contributed by atoms with Crippen molar-refractivity contribution in [1.82, 2.24) is 9.55 Å². The lowest BCUT2D eigenvalue weighted by molar-refractivity contribution is -0.144. The van der Waals surface area contributed by atoms with E-state index in [1.807, 2.05) is 6.92 Å². The van der Waals surface area contributed by atoms with Gasteiger partial charge in [0.15, 0.2) is 0 Å². The van der Waals surface area contributed by atoms with Crippen LogP contribution < -0.4 is 0 Å². The predicted octanol–water partition coefficient (Wildman–Crippen LogP) is 0.968. The average Bonchev–Trinajstić information content (AvgIpc) is 2.71. The standard InChI is InChI=1S/C11H16N2O3/c1-2-8-16-11(15)9-13-6-5-12-10(13)4-3-7-14/h5-7H,2-4,8-9H2,1H3. The van der Waals surface area contributed by atoms with E-state index in [1.165, 1.54) is 0 Å². The van der Waals surface area contributed by atoms with E-state index in [-0.39, 0.29) is 12.5 Å². The highest BCUT2D eigenvalue weighted by atomic mass is 16.5. The number of nitrogens with zero attached hydrogens (tertiary/aromatic N) is 2.